The number of morpholine rings is 1. The Labute approximate surface area is 107 Å². The van der Waals surface area contributed by atoms with Crippen LogP contribution in [-0.2, 0) is 11.2 Å². The van der Waals surface area contributed by atoms with Crippen LogP contribution >= 0.6 is 12.4 Å². The van der Waals surface area contributed by atoms with Crippen molar-refractivity contribution in [3.8, 4) is 0 Å². The molecule has 1 N–H and O–H groups in total. The molecule has 1 saturated heterocycles. The molecule has 0 bridgehead atoms. The number of ether oxygens (including phenoxy) is 1. The molecule has 0 atom stereocenters. The number of nitrogens with one attached hydrogen (secondary N) is 1. The Bertz CT molecular complexity index is 427. The van der Waals surface area contributed by atoms with Gasteiger partial charge in [-0.15, -0.1) is 12.4 Å². The minimum absolute atomic E-state index is 0. The lowest BCUT2D eigenvalue weighted by atomic mass is 10.2. The fourth-order valence-electron chi connectivity index (χ4n) is 1.94. The van der Waals surface area contributed by atoms with Gasteiger partial charge in [0.1, 0.15) is 0 Å². The van der Waals surface area contributed by atoms with Gasteiger partial charge in [0.25, 0.3) is 5.56 Å². The van der Waals surface area contributed by atoms with Gasteiger partial charge in [-0.1, -0.05) is 6.92 Å². The molecule has 17 heavy (non-hydrogen) atoms. The number of H-pyrrole nitrogens is 1. The zero-order valence-corrected chi connectivity index (χ0v) is 11.0. The highest BCUT2D eigenvalue weighted by Crippen LogP contribution is 2.10. The largest absolute Gasteiger partial charge is 0.378 e. The zero-order chi connectivity index (χ0) is 11.5. The maximum Gasteiger partial charge on any atom is 0.255 e. The minimum Gasteiger partial charge on any atom is -0.378 e. The zero-order valence-electron chi connectivity index (χ0n) is 10.2. The SMILES string of the molecule is CCc1c(C)nc(N2CCOCC2)[nH]c1=O.Cl. The second-order valence-electron chi connectivity index (χ2n) is 3.91. The van der Waals surface area contributed by atoms with Gasteiger partial charge in [-0.2, -0.15) is 0 Å². The molecule has 96 valence electrons. The summed E-state index contributed by atoms with van der Waals surface area (Å²) in [5.41, 5.74) is 1.58. The maximum atomic E-state index is 11.8. The van der Waals surface area contributed by atoms with E-state index in [0.29, 0.717) is 19.2 Å². The van der Waals surface area contributed by atoms with Crippen LogP contribution in [0.2, 0.25) is 0 Å². The molecule has 0 amide bonds. The summed E-state index contributed by atoms with van der Waals surface area (Å²) in [5.74, 6) is 0.669. The average molecular weight is 260 g/mol. The molecule has 0 spiro atoms. The number of anilines is 1. The van der Waals surface area contributed by atoms with Crippen LogP contribution in [0.15, 0.2) is 4.79 Å². The normalized spacial score (nSPS) is 15.5. The molecule has 5 nitrogen and oxygen atoms in total. The van der Waals surface area contributed by atoms with Gasteiger partial charge >= 0.3 is 0 Å². The van der Waals surface area contributed by atoms with Gasteiger partial charge in [0, 0.05) is 24.3 Å². The van der Waals surface area contributed by atoms with Gasteiger partial charge in [0.05, 0.1) is 13.2 Å². The fraction of sp³-hybridized carbons (Fsp3) is 0.636. The minimum atomic E-state index is -0.0171. The number of aryl methyl sites for hydroxylation is 1. The van der Waals surface area contributed by atoms with Crippen molar-refractivity contribution in [2.45, 2.75) is 20.3 Å². The molecule has 0 saturated carbocycles. The quantitative estimate of drug-likeness (QED) is 0.857. The van der Waals surface area contributed by atoms with E-state index in [1.807, 2.05) is 13.8 Å². The first-order chi connectivity index (χ1) is 7.72. The topological polar surface area (TPSA) is 58.2 Å². The number of hydrogen-bond donors (Lipinski definition) is 1. The lowest BCUT2D eigenvalue weighted by Gasteiger charge is -2.27. The Morgan fingerprint density at radius 1 is 1.41 bits per heavy atom. The highest BCUT2D eigenvalue weighted by molar-refractivity contribution is 5.85. The molecule has 2 rings (SSSR count). The van der Waals surface area contributed by atoms with Crippen LogP contribution in [0.4, 0.5) is 5.95 Å². The van der Waals surface area contributed by atoms with Crippen molar-refractivity contribution in [2.24, 2.45) is 0 Å². The van der Waals surface area contributed by atoms with Crippen molar-refractivity contribution in [3.63, 3.8) is 0 Å². The number of hydrogen-bond acceptors (Lipinski definition) is 4. The summed E-state index contributed by atoms with van der Waals surface area (Å²) in [7, 11) is 0. The summed E-state index contributed by atoms with van der Waals surface area (Å²) in [6, 6.07) is 0. The Hall–Kier alpha value is -1.07. The number of nitrogens with zero attached hydrogens (tertiary/aromatic N) is 2. The summed E-state index contributed by atoms with van der Waals surface area (Å²) >= 11 is 0. The van der Waals surface area contributed by atoms with Crippen molar-refractivity contribution in [3.05, 3.63) is 21.6 Å². The highest BCUT2D eigenvalue weighted by atomic mass is 35.5. The molecule has 1 aliphatic heterocycles. The molecule has 0 unspecified atom stereocenters. The third kappa shape index (κ3) is 2.98. The molecule has 2 heterocycles. The van der Waals surface area contributed by atoms with E-state index in [1.54, 1.807) is 0 Å². The first-order valence-corrected chi connectivity index (χ1v) is 5.65. The maximum absolute atomic E-state index is 11.8. The highest BCUT2D eigenvalue weighted by Gasteiger charge is 2.15. The van der Waals surface area contributed by atoms with E-state index in [9.17, 15) is 4.79 Å². The predicted molar refractivity (Wildman–Crippen MR) is 69.3 cm³/mol. The first-order valence-electron chi connectivity index (χ1n) is 5.65. The number of aromatic amines is 1. The van der Waals surface area contributed by atoms with Crippen LogP contribution in [-0.4, -0.2) is 36.3 Å². The monoisotopic (exact) mass is 259 g/mol. The lowest BCUT2D eigenvalue weighted by Crippen LogP contribution is -2.38. The molecule has 0 aliphatic carbocycles. The summed E-state index contributed by atoms with van der Waals surface area (Å²) in [4.78, 5) is 21.1. The Morgan fingerprint density at radius 2 is 2.06 bits per heavy atom. The van der Waals surface area contributed by atoms with Crippen molar-refractivity contribution in [2.75, 3.05) is 31.2 Å². The van der Waals surface area contributed by atoms with Gasteiger partial charge in [0.2, 0.25) is 5.95 Å². The second-order valence-corrected chi connectivity index (χ2v) is 3.91. The summed E-state index contributed by atoms with van der Waals surface area (Å²) in [6.07, 6.45) is 0.720. The van der Waals surface area contributed by atoms with E-state index >= 15 is 0 Å². The molecular weight excluding hydrogens is 242 g/mol. The van der Waals surface area contributed by atoms with Gasteiger partial charge in [-0.05, 0) is 13.3 Å². The van der Waals surface area contributed by atoms with Crippen LogP contribution < -0.4 is 10.5 Å². The van der Waals surface area contributed by atoms with Crippen LogP contribution in [0.25, 0.3) is 0 Å². The fourth-order valence-corrected chi connectivity index (χ4v) is 1.94. The van der Waals surface area contributed by atoms with Crippen molar-refractivity contribution in [1.82, 2.24) is 9.97 Å². The first kappa shape index (κ1) is 14.0. The average Bonchev–Trinajstić information content (AvgIpc) is 2.30. The molecular formula is C11H18ClN3O2. The van der Waals surface area contributed by atoms with Crippen molar-refractivity contribution in [1.29, 1.82) is 0 Å². The van der Waals surface area contributed by atoms with Crippen LogP contribution in [0.1, 0.15) is 18.2 Å². The van der Waals surface area contributed by atoms with Crippen LogP contribution in [0.5, 0.6) is 0 Å². The molecule has 1 fully saturated rings. The lowest BCUT2D eigenvalue weighted by molar-refractivity contribution is 0.122. The second kappa shape index (κ2) is 6.02. The number of halogens is 1. The number of aromatic nitrogens is 2. The van der Waals surface area contributed by atoms with E-state index in [4.69, 9.17) is 4.74 Å². The van der Waals surface area contributed by atoms with Gasteiger partial charge in [-0.3, -0.25) is 9.78 Å². The van der Waals surface area contributed by atoms with Crippen LogP contribution in [0, 0.1) is 6.92 Å². The number of rotatable bonds is 2. The van der Waals surface area contributed by atoms with E-state index in [1.165, 1.54) is 0 Å². The predicted octanol–water partition coefficient (Wildman–Crippen LogP) is 0.899. The Balaban J connectivity index is 0.00000144. The summed E-state index contributed by atoms with van der Waals surface area (Å²) in [5, 5.41) is 0. The Morgan fingerprint density at radius 3 is 2.59 bits per heavy atom. The Kier molecular flexibility index (Phi) is 4.96. The van der Waals surface area contributed by atoms with E-state index < -0.39 is 0 Å². The van der Waals surface area contributed by atoms with Crippen molar-refractivity contribution >= 4 is 18.4 Å². The van der Waals surface area contributed by atoms with Crippen LogP contribution in [0.3, 0.4) is 0 Å². The summed E-state index contributed by atoms with van der Waals surface area (Å²) < 4.78 is 5.27. The van der Waals surface area contributed by atoms with Gasteiger partial charge in [0.15, 0.2) is 0 Å². The van der Waals surface area contributed by atoms with Crippen molar-refractivity contribution < 1.29 is 4.74 Å². The molecule has 0 radical (unpaired) electrons. The standard InChI is InChI=1S/C11H17N3O2.ClH/c1-3-9-8(2)12-11(13-10(9)15)14-4-6-16-7-5-14;/h3-7H2,1-2H3,(H,12,13,15);1H. The van der Waals surface area contributed by atoms with E-state index in [0.717, 1.165) is 30.8 Å². The van der Waals surface area contributed by atoms with E-state index in [2.05, 4.69) is 14.9 Å². The molecule has 0 aromatic carbocycles. The molecule has 1 aliphatic rings. The molecule has 1 aromatic heterocycles. The van der Waals surface area contributed by atoms with Gasteiger partial charge in [-0.25, -0.2) is 4.98 Å². The third-order valence-electron chi connectivity index (χ3n) is 2.87. The summed E-state index contributed by atoms with van der Waals surface area (Å²) in [6.45, 7) is 6.81. The van der Waals surface area contributed by atoms with E-state index in [-0.39, 0.29) is 18.0 Å². The molecule has 6 heteroatoms. The third-order valence-corrected chi connectivity index (χ3v) is 2.87. The smallest absolute Gasteiger partial charge is 0.255 e. The molecule has 1 aromatic rings. The van der Waals surface area contributed by atoms with Gasteiger partial charge < -0.3 is 9.64 Å².